The molecule has 1 N–H and O–H groups in total. The lowest BCUT2D eigenvalue weighted by Crippen LogP contribution is -2.40. The second-order valence-electron chi connectivity index (χ2n) is 7.56. The predicted molar refractivity (Wildman–Crippen MR) is 104 cm³/mol. The highest BCUT2D eigenvalue weighted by Gasteiger charge is 2.48. The number of aliphatic carboxylic acids is 1. The van der Waals surface area contributed by atoms with E-state index in [9.17, 15) is 19.5 Å². The number of carbonyl (C=O) groups excluding carboxylic acids is 2. The summed E-state index contributed by atoms with van der Waals surface area (Å²) in [5.41, 5.74) is -0.307. The van der Waals surface area contributed by atoms with Crippen molar-refractivity contribution < 1.29 is 29.0 Å². The van der Waals surface area contributed by atoms with Crippen LogP contribution in [0.5, 0.6) is 11.5 Å². The molecule has 154 valence electrons. The molecule has 1 saturated heterocycles. The number of carboxylic acid groups (broad SMARTS) is 1. The molecule has 1 aromatic rings. The Bertz CT molecular complexity index is 744. The number of rotatable bonds is 9. The summed E-state index contributed by atoms with van der Waals surface area (Å²) in [6.07, 6.45) is 1.29. The summed E-state index contributed by atoms with van der Waals surface area (Å²) in [6, 6.07) is 4.99. The number of hydrogen-bond acceptors (Lipinski definition) is 5. The molecular weight excluding hydrogens is 362 g/mol. The zero-order valence-electron chi connectivity index (χ0n) is 17.0. The molecule has 0 saturated carbocycles. The molecule has 0 spiro atoms. The van der Waals surface area contributed by atoms with E-state index >= 15 is 0 Å². The molecule has 1 heterocycles. The van der Waals surface area contributed by atoms with E-state index < -0.39 is 11.4 Å². The van der Waals surface area contributed by atoms with E-state index in [0.717, 1.165) is 0 Å². The molecule has 1 aliphatic heterocycles. The molecule has 0 radical (unpaired) electrons. The number of benzene rings is 1. The van der Waals surface area contributed by atoms with Crippen LogP contribution in [0.25, 0.3) is 0 Å². The summed E-state index contributed by atoms with van der Waals surface area (Å²) in [5.74, 6) is 0.0255. The van der Waals surface area contributed by atoms with Crippen molar-refractivity contribution in [1.82, 2.24) is 4.90 Å². The van der Waals surface area contributed by atoms with E-state index in [2.05, 4.69) is 0 Å². The third-order valence-electron chi connectivity index (χ3n) is 5.55. The maximum Gasteiger partial charge on any atom is 0.311 e. The molecule has 0 aromatic heterocycles. The Labute approximate surface area is 165 Å². The number of ether oxygens (including phenoxy) is 2. The zero-order valence-corrected chi connectivity index (χ0v) is 17.0. The molecule has 7 heteroatoms. The van der Waals surface area contributed by atoms with Gasteiger partial charge in [0, 0.05) is 25.1 Å². The van der Waals surface area contributed by atoms with Gasteiger partial charge in [0.25, 0.3) is 0 Å². The maximum atomic E-state index is 12.4. The number of ketones is 1. The van der Waals surface area contributed by atoms with Crippen molar-refractivity contribution in [1.29, 1.82) is 0 Å². The van der Waals surface area contributed by atoms with Crippen LogP contribution < -0.4 is 9.47 Å². The standard InChI is InChI=1S/C21H29NO6/c1-14(2)21(20(25)26)9-10-22(13-21)19(24)6-5-11-28-17-8-7-16(15(3)23)12-18(17)27-4/h7-8,12,14H,5-6,9-11,13H2,1-4H3,(H,25,26). The van der Waals surface area contributed by atoms with Crippen molar-refractivity contribution in [3.63, 3.8) is 0 Å². The van der Waals surface area contributed by atoms with E-state index in [1.807, 2.05) is 13.8 Å². The van der Waals surface area contributed by atoms with Gasteiger partial charge in [-0.05, 0) is 43.9 Å². The Kier molecular flexibility index (Phi) is 7.05. The summed E-state index contributed by atoms with van der Waals surface area (Å²) < 4.78 is 10.9. The van der Waals surface area contributed by atoms with Crippen LogP contribution in [0.4, 0.5) is 0 Å². The molecule has 7 nitrogen and oxygen atoms in total. The van der Waals surface area contributed by atoms with Gasteiger partial charge >= 0.3 is 5.97 Å². The first-order chi connectivity index (χ1) is 13.2. The van der Waals surface area contributed by atoms with Gasteiger partial charge in [0.15, 0.2) is 17.3 Å². The van der Waals surface area contributed by atoms with Crippen molar-refractivity contribution >= 4 is 17.7 Å². The van der Waals surface area contributed by atoms with Crippen LogP contribution in [0.15, 0.2) is 18.2 Å². The Morgan fingerprint density at radius 3 is 2.50 bits per heavy atom. The molecule has 1 aromatic carbocycles. The number of methoxy groups -OCH3 is 1. The third-order valence-corrected chi connectivity index (χ3v) is 5.55. The van der Waals surface area contributed by atoms with Crippen LogP contribution in [0.2, 0.25) is 0 Å². The van der Waals surface area contributed by atoms with Gasteiger partial charge in [0.2, 0.25) is 5.91 Å². The van der Waals surface area contributed by atoms with Crippen LogP contribution in [0, 0.1) is 11.3 Å². The summed E-state index contributed by atoms with van der Waals surface area (Å²) in [6.45, 7) is 6.33. The second kappa shape index (κ2) is 9.08. The minimum atomic E-state index is -0.849. The monoisotopic (exact) mass is 391 g/mol. The van der Waals surface area contributed by atoms with Crippen LogP contribution in [0.1, 0.15) is 50.4 Å². The summed E-state index contributed by atoms with van der Waals surface area (Å²) in [7, 11) is 1.51. The zero-order chi connectivity index (χ0) is 20.9. The van der Waals surface area contributed by atoms with Gasteiger partial charge < -0.3 is 19.5 Å². The first-order valence-electron chi connectivity index (χ1n) is 9.54. The van der Waals surface area contributed by atoms with E-state index in [1.54, 1.807) is 23.1 Å². The number of nitrogens with zero attached hydrogens (tertiary/aromatic N) is 1. The molecule has 0 bridgehead atoms. The highest BCUT2D eigenvalue weighted by atomic mass is 16.5. The first kappa shape index (κ1) is 21.7. The van der Waals surface area contributed by atoms with E-state index in [0.29, 0.717) is 49.5 Å². The summed E-state index contributed by atoms with van der Waals surface area (Å²) >= 11 is 0. The Morgan fingerprint density at radius 2 is 1.96 bits per heavy atom. The number of hydrogen-bond donors (Lipinski definition) is 1. The predicted octanol–water partition coefficient (Wildman–Crippen LogP) is 3.02. The smallest absolute Gasteiger partial charge is 0.311 e. The molecular formula is C21H29NO6. The SMILES string of the molecule is COc1cc(C(C)=O)ccc1OCCCC(=O)N1CCC(C(=O)O)(C(C)C)C1. The van der Waals surface area contributed by atoms with Gasteiger partial charge in [-0.25, -0.2) is 0 Å². The normalized spacial score (nSPS) is 19.0. The molecule has 2 rings (SSSR count). The Balaban J connectivity index is 1.85. The van der Waals surface area contributed by atoms with Crippen LogP contribution >= 0.6 is 0 Å². The number of Topliss-reactive ketones (excluding diaryl/α,β-unsaturated/α-hetero) is 1. The average Bonchev–Trinajstić information content (AvgIpc) is 3.12. The van der Waals surface area contributed by atoms with Crippen molar-refractivity contribution in [2.45, 2.75) is 40.0 Å². The molecule has 1 amide bonds. The highest BCUT2D eigenvalue weighted by molar-refractivity contribution is 5.94. The Hall–Kier alpha value is -2.57. The second-order valence-corrected chi connectivity index (χ2v) is 7.56. The van der Waals surface area contributed by atoms with E-state index in [1.165, 1.54) is 14.0 Å². The molecule has 28 heavy (non-hydrogen) atoms. The number of amides is 1. The van der Waals surface area contributed by atoms with Gasteiger partial charge in [0.1, 0.15) is 0 Å². The van der Waals surface area contributed by atoms with Crippen molar-refractivity contribution in [3.05, 3.63) is 23.8 Å². The quantitative estimate of drug-likeness (QED) is 0.514. The minimum absolute atomic E-state index is 0.0310. The lowest BCUT2D eigenvalue weighted by Gasteiger charge is -2.28. The largest absolute Gasteiger partial charge is 0.493 e. The molecule has 0 aliphatic carbocycles. The molecule has 1 atom stereocenters. The summed E-state index contributed by atoms with van der Waals surface area (Å²) in [4.78, 5) is 37.2. The van der Waals surface area contributed by atoms with Crippen molar-refractivity contribution in [3.8, 4) is 11.5 Å². The van der Waals surface area contributed by atoms with Gasteiger partial charge in [-0.15, -0.1) is 0 Å². The van der Waals surface area contributed by atoms with Crippen LogP contribution in [-0.4, -0.2) is 54.5 Å². The summed E-state index contributed by atoms with van der Waals surface area (Å²) in [5, 5.41) is 9.59. The fourth-order valence-electron chi connectivity index (χ4n) is 3.51. The van der Waals surface area contributed by atoms with Crippen molar-refractivity contribution in [2.24, 2.45) is 11.3 Å². The van der Waals surface area contributed by atoms with Crippen molar-refractivity contribution in [2.75, 3.05) is 26.8 Å². The number of carbonyl (C=O) groups is 3. The number of carboxylic acids is 1. The molecule has 1 aliphatic rings. The number of likely N-dealkylation sites (tertiary alicyclic amines) is 1. The van der Waals surface area contributed by atoms with Gasteiger partial charge in [-0.3, -0.25) is 14.4 Å². The third kappa shape index (κ3) is 4.64. The highest BCUT2D eigenvalue weighted by Crippen LogP contribution is 2.38. The van der Waals surface area contributed by atoms with Crippen LogP contribution in [-0.2, 0) is 9.59 Å². The lowest BCUT2D eigenvalue weighted by atomic mass is 9.76. The van der Waals surface area contributed by atoms with Gasteiger partial charge in [0.05, 0.1) is 19.1 Å². The maximum absolute atomic E-state index is 12.4. The topological polar surface area (TPSA) is 93.1 Å². The Morgan fingerprint density at radius 1 is 1.25 bits per heavy atom. The van der Waals surface area contributed by atoms with Crippen LogP contribution in [0.3, 0.4) is 0 Å². The molecule has 1 unspecified atom stereocenters. The van der Waals surface area contributed by atoms with Gasteiger partial charge in [-0.1, -0.05) is 13.8 Å². The molecule has 1 fully saturated rings. The fourth-order valence-corrected chi connectivity index (χ4v) is 3.51. The first-order valence-corrected chi connectivity index (χ1v) is 9.54. The minimum Gasteiger partial charge on any atom is -0.493 e. The fraction of sp³-hybridized carbons (Fsp3) is 0.571. The van der Waals surface area contributed by atoms with E-state index in [4.69, 9.17) is 9.47 Å². The average molecular weight is 391 g/mol. The van der Waals surface area contributed by atoms with Gasteiger partial charge in [-0.2, -0.15) is 0 Å². The van der Waals surface area contributed by atoms with E-state index in [-0.39, 0.29) is 24.2 Å². The lowest BCUT2D eigenvalue weighted by molar-refractivity contribution is -0.151.